The summed E-state index contributed by atoms with van der Waals surface area (Å²) >= 11 is 0. The molecule has 0 amide bonds. The average Bonchev–Trinajstić information content (AvgIpc) is 2.83. The van der Waals surface area contributed by atoms with Gasteiger partial charge in [0, 0.05) is 38.6 Å². The molecule has 0 aliphatic carbocycles. The van der Waals surface area contributed by atoms with Crippen LogP contribution < -0.4 is 0 Å². The van der Waals surface area contributed by atoms with Gasteiger partial charge in [-0.3, -0.25) is 4.90 Å². The lowest BCUT2D eigenvalue weighted by atomic mass is 9.76. The van der Waals surface area contributed by atoms with Gasteiger partial charge in [0.25, 0.3) is 0 Å². The number of piperidine rings is 2. The number of likely N-dealkylation sites (tertiary alicyclic amines) is 1. The van der Waals surface area contributed by atoms with Crippen molar-refractivity contribution in [3.8, 4) is 0 Å². The zero-order valence-electron chi connectivity index (χ0n) is 12.9. The van der Waals surface area contributed by atoms with Crippen molar-refractivity contribution in [2.24, 2.45) is 5.92 Å². The maximum atomic E-state index is 11.7. The van der Waals surface area contributed by atoms with Crippen LogP contribution in [0.3, 0.4) is 0 Å². The van der Waals surface area contributed by atoms with Crippen LogP contribution in [-0.2, 0) is 16.6 Å². The predicted molar refractivity (Wildman–Crippen MR) is 78.4 cm³/mol. The van der Waals surface area contributed by atoms with E-state index in [4.69, 9.17) is 4.63 Å². The molecule has 124 valence electrons. The van der Waals surface area contributed by atoms with Gasteiger partial charge in [-0.05, 0) is 19.8 Å². The van der Waals surface area contributed by atoms with E-state index in [0.717, 1.165) is 17.9 Å². The zero-order valence-corrected chi connectivity index (χ0v) is 13.7. The summed E-state index contributed by atoms with van der Waals surface area (Å²) in [4.78, 5) is 2.18. The molecule has 8 nitrogen and oxygen atoms in total. The van der Waals surface area contributed by atoms with Gasteiger partial charge in [0.1, 0.15) is 11.4 Å². The molecule has 1 aromatic rings. The predicted octanol–water partition coefficient (Wildman–Crippen LogP) is -0.404. The third-order valence-electron chi connectivity index (χ3n) is 4.91. The van der Waals surface area contributed by atoms with Gasteiger partial charge in [-0.2, -0.15) is 0 Å². The Morgan fingerprint density at radius 3 is 2.68 bits per heavy atom. The van der Waals surface area contributed by atoms with E-state index in [2.05, 4.69) is 15.2 Å². The first kappa shape index (κ1) is 15.9. The average molecular weight is 330 g/mol. The van der Waals surface area contributed by atoms with Crippen LogP contribution in [0.5, 0.6) is 0 Å². The summed E-state index contributed by atoms with van der Waals surface area (Å²) < 4.78 is 29.7. The highest BCUT2D eigenvalue weighted by Crippen LogP contribution is 2.36. The number of hydrogen-bond acceptors (Lipinski definition) is 7. The first-order valence-corrected chi connectivity index (χ1v) is 9.31. The minimum atomic E-state index is -3.21. The largest absolute Gasteiger partial charge is 0.389 e. The molecule has 2 saturated heterocycles. The maximum Gasteiger partial charge on any atom is 0.211 e. The van der Waals surface area contributed by atoms with E-state index in [1.54, 1.807) is 0 Å². The minimum absolute atomic E-state index is 0.0788. The highest BCUT2D eigenvalue weighted by Gasteiger charge is 2.46. The molecule has 1 aromatic heterocycles. The van der Waals surface area contributed by atoms with Gasteiger partial charge in [0.2, 0.25) is 10.0 Å². The zero-order chi connectivity index (χ0) is 16.0. The molecule has 2 fully saturated rings. The molecule has 2 aliphatic rings. The molecule has 0 bridgehead atoms. The summed E-state index contributed by atoms with van der Waals surface area (Å²) in [7, 11) is -3.21. The first-order chi connectivity index (χ1) is 10.3. The van der Waals surface area contributed by atoms with Gasteiger partial charge in [-0.1, -0.05) is 10.3 Å². The molecule has 22 heavy (non-hydrogen) atoms. The Labute approximate surface area is 130 Å². The van der Waals surface area contributed by atoms with E-state index >= 15 is 0 Å². The number of fused-ring (bicyclic) bond motifs is 1. The Morgan fingerprint density at radius 1 is 1.32 bits per heavy atom. The van der Waals surface area contributed by atoms with Crippen molar-refractivity contribution in [3.63, 3.8) is 0 Å². The summed E-state index contributed by atoms with van der Waals surface area (Å²) in [5.74, 6) is -0.0788. The van der Waals surface area contributed by atoms with Crippen LogP contribution >= 0.6 is 0 Å². The minimum Gasteiger partial charge on any atom is -0.389 e. The first-order valence-electron chi connectivity index (χ1n) is 7.46. The van der Waals surface area contributed by atoms with Crippen LogP contribution in [0.4, 0.5) is 0 Å². The van der Waals surface area contributed by atoms with Crippen molar-refractivity contribution >= 4 is 10.0 Å². The summed E-state index contributed by atoms with van der Waals surface area (Å²) in [5, 5.41) is 18.4. The molecule has 3 rings (SSSR count). The second-order valence-corrected chi connectivity index (χ2v) is 8.44. The number of rotatable bonds is 3. The van der Waals surface area contributed by atoms with E-state index in [9.17, 15) is 13.5 Å². The fraction of sp³-hybridized carbons (Fsp3) is 0.846. The lowest BCUT2D eigenvalue weighted by Crippen LogP contribution is -2.60. The van der Waals surface area contributed by atoms with Gasteiger partial charge in [-0.25, -0.2) is 17.4 Å². The molecule has 1 N–H and O–H groups in total. The van der Waals surface area contributed by atoms with E-state index in [1.807, 2.05) is 6.92 Å². The molecule has 0 unspecified atom stereocenters. The lowest BCUT2D eigenvalue weighted by Gasteiger charge is -2.49. The molecular formula is C13H22N4O4S. The monoisotopic (exact) mass is 330 g/mol. The Kier molecular flexibility index (Phi) is 4.00. The van der Waals surface area contributed by atoms with Crippen molar-refractivity contribution in [2.75, 3.05) is 32.4 Å². The number of hydrogen-bond donors (Lipinski definition) is 1. The van der Waals surface area contributed by atoms with E-state index < -0.39 is 15.6 Å². The number of aliphatic hydroxyl groups is 1. The van der Waals surface area contributed by atoms with Crippen molar-refractivity contribution in [1.29, 1.82) is 0 Å². The van der Waals surface area contributed by atoms with Crippen LogP contribution in [0.2, 0.25) is 0 Å². The number of aromatic nitrogens is 2. The van der Waals surface area contributed by atoms with Gasteiger partial charge >= 0.3 is 0 Å². The maximum absolute atomic E-state index is 11.7. The van der Waals surface area contributed by atoms with Crippen molar-refractivity contribution in [2.45, 2.75) is 31.9 Å². The van der Waals surface area contributed by atoms with Gasteiger partial charge in [0.05, 0.1) is 11.9 Å². The normalized spacial score (nSPS) is 31.1. The topological polar surface area (TPSA) is 99.8 Å². The van der Waals surface area contributed by atoms with Crippen LogP contribution in [0.1, 0.15) is 24.2 Å². The highest BCUT2D eigenvalue weighted by molar-refractivity contribution is 7.88. The van der Waals surface area contributed by atoms with E-state index in [-0.39, 0.29) is 5.92 Å². The summed E-state index contributed by atoms with van der Waals surface area (Å²) in [6, 6.07) is 0. The van der Waals surface area contributed by atoms with Crippen LogP contribution in [0, 0.1) is 12.8 Å². The number of aryl methyl sites for hydroxylation is 1. The van der Waals surface area contributed by atoms with Crippen LogP contribution in [-0.4, -0.2) is 71.1 Å². The van der Waals surface area contributed by atoms with Crippen LogP contribution in [0.15, 0.2) is 4.63 Å². The molecule has 0 saturated carbocycles. The van der Waals surface area contributed by atoms with E-state index in [1.165, 1.54) is 10.6 Å². The third kappa shape index (κ3) is 3.03. The lowest BCUT2D eigenvalue weighted by molar-refractivity contribution is -0.103. The fourth-order valence-corrected chi connectivity index (χ4v) is 4.26. The summed E-state index contributed by atoms with van der Waals surface area (Å²) in [6.07, 6.45) is 2.38. The van der Waals surface area contributed by atoms with Crippen molar-refractivity contribution in [1.82, 2.24) is 19.5 Å². The SMILES string of the molecule is Cc1nonc1CN1CC[C@@]2(O)CCN(S(C)(=O)=O)C[C@H]2C1. The molecule has 0 aromatic carbocycles. The second kappa shape index (κ2) is 5.55. The molecule has 2 atom stereocenters. The molecule has 9 heteroatoms. The van der Waals surface area contributed by atoms with E-state index in [0.29, 0.717) is 39.0 Å². The Morgan fingerprint density at radius 2 is 2.05 bits per heavy atom. The van der Waals surface area contributed by atoms with Crippen molar-refractivity contribution in [3.05, 3.63) is 11.4 Å². The third-order valence-corrected chi connectivity index (χ3v) is 6.18. The standard InChI is InChI=1S/C13H22N4O4S/c1-10-12(15-21-14-10)9-16-5-3-13(18)4-6-17(22(2,19)20)8-11(13)7-16/h11,18H,3-9H2,1-2H3/t11-,13-/m1/s1. The Hall–Kier alpha value is -1.03. The second-order valence-electron chi connectivity index (χ2n) is 6.45. The number of nitrogens with zero attached hydrogens (tertiary/aromatic N) is 4. The molecule has 3 heterocycles. The quantitative estimate of drug-likeness (QED) is 0.804. The van der Waals surface area contributed by atoms with Gasteiger partial charge in [-0.15, -0.1) is 0 Å². The fourth-order valence-electron chi connectivity index (χ4n) is 3.39. The van der Waals surface area contributed by atoms with Crippen LogP contribution in [0.25, 0.3) is 0 Å². The molecule has 0 radical (unpaired) electrons. The Balaban J connectivity index is 1.70. The summed E-state index contributed by atoms with van der Waals surface area (Å²) in [6.45, 7) is 4.64. The van der Waals surface area contributed by atoms with Gasteiger partial charge < -0.3 is 5.11 Å². The Bertz CT molecular complexity index is 646. The molecular weight excluding hydrogens is 308 g/mol. The molecule has 2 aliphatic heterocycles. The number of sulfonamides is 1. The molecule has 0 spiro atoms. The summed E-state index contributed by atoms with van der Waals surface area (Å²) in [5.41, 5.74) is 0.804. The highest BCUT2D eigenvalue weighted by atomic mass is 32.2. The smallest absolute Gasteiger partial charge is 0.211 e. The van der Waals surface area contributed by atoms with Gasteiger partial charge in [0.15, 0.2) is 0 Å². The van der Waals surface area contributed by atoms with Crippen molar-refractivity contribution < 1.29 is 18.2 Å².